The maximum absolute atomic E-state index is 13.5. The zero-order valence-electron chi connectivity index (χ0n) is 22.6. The maximum atomic E-state index is 13.5. The van der Waals surface area contributed by atoms with E-state index in [0.29, 0.717) is 45.6 Å². The Hall–Kier alpha value is -4.48. The van der Waals surface area contributed by atoms with E-state index in [0.717, 1.165) is 18.4 Å². The van der Waals surface area contributed by atoms with Crippen LogP contribution in [-0.4, -0.2) is 24.2 Å². The third-order valence-electron chi connectivity index (χ3n) is 6.29. The van der Waals surface area contributed by atoms with Crippen molar-refractivity contribution in [1.29, 1.82) is 5.26 Å². The van der Waals surface area contributed by atoms with Crippen LogP contribution >= 0.6 is 11.8 Å². The number of para-hydroxylation sites is 1. The zero-order chi connectivity index (χ0) is 28.3. The minimum absolute atomic E-state index is 0.0781. The summed E-state index contributed by atoms with van der Waals surface area (Å²) in [5, 5.41) is 19.9. The Bertz CT molecular complexity index is 1450. The van der Waals surface area contributed by atoms with Crippen LogP contribution in [0.25, 0.3) is 0 Å². The number of allylic oxidation sites excluding steroid dienone is 2. The second kappa shape index (κ2) is 14.1. The molecule has 0 unspecified atom stereocenters. The van der Waals surface area contributed by atoms with E-state index in [1.807, 2.05) is 85.8 Å². The van der Waals surface area contributed by atoms with Gasteiger partial charge in [0.1, 0.15) is 5.75 Å². The molecule has 0 aromatic heterocycles. The largest absolute Gasteiger partial charge is 0.494 e. The summed E-state index contributed by atoms with van der Waals surface area (Å²) < 4.78 is 5.74. The Morgan fingerprint density at radius 1 is 0.975 bits per heavy atom. The minimum Gasteiger partial charge on any atom is -0.494 e. The Balaban J connectivity index is 1.52. The van der Waals surface area contributed by atoms with Gasteiger partial charge in [0.05, 0.1) is 34.9 Å². The molecule has 0 saturated heterocycles. The summed E-state index contributed by atoms with van der Waals surface area (Å²) in [6.45, 7) is 4.54. The van der Waals surface area contributed by atoms with E-state index in [1.54, 1.807) is 6.07 Å². The van der Waals surface area contributed by atoms with Crippen molar-refractivity contribution in [1.82, 2.24) is 5.32 Å². The minimum atomic E-state index is -0.585. The van der Waals surface area contributed by atoms with Crippen LogP contribution in [0.3, 0.4) is 0 Å². The lowest BCUT2D eigenvalue weighted by Gasteiger charge is -2.29. The van der Waals surface area contributed by atoms with Crippen molar-refractivity contribution >= 4 is 35.0 Å². The van der Waals surface area contributed by atoms with Gasteiger partial charge in [-0.2, -0.15) is 5.26 Å². The molecule has 0 aliphatic carbocycles. The van der Waals surface area contributed by atoms with Crippen molar-refractivity contribution in [3.05, 3.63) is 112 Å². The number of rotatable bonds is 11. The van der Waals surface area contributed by atoms with Gasteiger partial charge in [0.25, 0.3) is 5.91 Å². The lowest BCUT2D eigenvalue weighted by Crippen LogP contribution is -2.31. The first-order chi connectivity index (χ1) is 19.5. The molecular weight excluding hydrogens is 520 g/mol. The summed E-state index contributed by atoms with van der Waals surface area (Å²) in [6.07, 6.45) is 2.01. The summed E-state index contributed by atoms with van der Waals surface area (Å²) in [4.78, 5) is 26.3. The molecule has 0 spiro atoms. The molecule has 8 heteroatoms. The number of nitriles is 1. The van der Waals surface area contributed by atoms with Gasteiger partial charge in [0, 0.05) is 28.7 Å². The van der Waals surface area contributed by atoms with Gasteiger partial charge in [-0.1, -0.05) is 79.7 Å². The Morgan fingerprint density at radius 3 is 2.38 bits per heavy atom. The highest BCUT2D eigenvalue weighted by atomic mass is 32.2. The number of unbranched alkanes of at least 4 members (excludes halogenated alkanes) is 1. The molecule has 0 saturated carbocycles. The maximum Gasteiger partial charge on any atom is 0.254 e. The van der Waals surface area contributed by atoms with E-state index in [4.69, 9.17) is 4.74 Å². The van der Waals surface area contributed by atoms with Gasteiger partial charge < -0.3 is 20.7 Å². The van der Waals surface area contributed by atoms with Crippen LogP contribution < -0.4 is 20.7 Å². The summed E-state index contributed by atoms with van der Waals surface area (Å²) >= 11 is 1.24. The molecule has 1 heterocycles. The molecule has 0 bridgehead atoms. The highest BCUT2D eigenvalue weighted by Crippen LogP contribution is 2.41. The van der Waals surface area contributed by atoms with Crippen molar-refractivity contribution in [2.75, 3.05) is 23.0 Å². The predicted molar refractivity (Wildman–Crippen MR) is 161 cm³/mol. The van der Waals surface area contributed by atoms with E-state index in [1.165, 1.54) is 11.8 Å². The molecule has 3 aromatic rings. The summed E-state index contributed by atoms with van der Waals surface area (Å²) in [7, 11) is 0. The summed E-state index contributed by atoms with van der Waals surface area (Å²) in [6, 6.07) is 28.3. The van der Waals surface area contributed by atoms with Gasteiger partial charge in [-0.25, -0.2) is 0 Å². The van der Waals surface area contributed by atoms with Crippen LogP contribution in [0.15, 0.2) is 107 Å². The standard InChI is InChI=1S/C32H32N4O3S/c1-3-4-18-39-26-17-11-16-25(19-26)35-28(37)21-40-32-27(20-33)30(23-12-7-5-8-13-23)29(22(2)34-32)31(38)36-24-14-9-6-10-15-24/h5-17,19,30,34H,3-4,18,21H2,1-2H3,(H,35,37)(H,36,38)/t30-/m1/s1. The molecule has 1 atom stereocenters. The first kappa shape index (κ1) is 28.5. The number of benzene rings is 3. The van der Waals surface area contributed by atoms with Crippen LogP contribution in [0.1, 0.15) is 38.2 Å². The lowest BCUT2D eigenvalue weighted by atomic mass is 9.82. The van der Waals surface area contributed by atoms with Crippen molar-refractivity contribution in [2.45, 2.75) is 32.6 Å². The number of ether oxygens (including phenoxy) is 1. The number of dihydropyridines is 1. The van der Waals surface area contributed by atoms with E-state index >= 15 is 0 Å². The fraction of sp³-hybridized carbons (Fsp3) is 0.219. The number of anilines is 2. The molecule has 1 aliphatic heterocycles. The molecule has 0 radical (unpaired) electrons. The van der Waals surface area contributed by atoms with Crippen molar-refractivity contribution in [3.63, 3.8) is 0 Å². The molecule has 3 N–H and O–H groups in total. The van der Waals surface area contributed by atoms with Crippen LogP contribution in [0.4, 0.5) is 11.4 Å². The topological polar surface area (TPSA) is 103 Å². The predicted octanol–water partition coefficient (Wildman–Crippen LogP) is 6.57. The van der Waals surface area contributed by atoms with Crippen LogP contribution in [0, 0.1) is 11.3 Å². The highest BCUT2D eigenvalue weighted by Gasteiger charge is 2.34. The van der Waals surface area contributed by atoms with Crippen LogP contribution in [-0.2, 0) is 9.59 Å². The molecule has 204 valence electrons. The van der Waals surface area contributed by atoms with Crippen molar-refractivity contribution < 1.29 is 14.3 Å². The fourth-order valence-electron chi connectivity index (χ4n) is 4.36. The number of nitrogens with one attached hydrogen (secondary N) is 3. The number of carbonyl (C=O) groups excluding carboxylic acids is 2. The fourth-order valence-corrected chi connectivity index (χ4v) is 5.25. The van der Waals surface area contributed by atoms with Crippen molar-refractivity contribution in [2.24, 2.45) is 0 Å². The first-order valence-corrected chi connectivity index (χ1v) is 14.2. The lowest BCUT2D eigenvalue weighted by molar-refractivity contribution is -0.114. The Kier molecular flexibility index (Phi) is 10.0. The number of amides is 2. The third-order valence-corrected chi connectivity index (χ3v) is 7.31. The normalized spacial score (nSPS) is 14.7. The van der Waals surface area contributed by atoms with E-state index in [-0.39, 0.29) is 17.6 Å². The number of thioether (sulfide) groups is 1. The second-order valence-electron chi connectivity index (χ2n) is 9.25. The van der Waals surface area contributed by atoms with Crippen molar-refractivity contribution in [3.8, 4) is 11.8 Å². The Labute approximate surface area is 239 Å². The summed E-state index contributed by atoms with van der Waals surface area (Å²) in [5.74, 6) is -0.309. The molecule has 1 aliphatic rings. The SMILES string of the molecule is CCCCOc1cccc(NC(=O)CSC2=C(C#N)[C@@H](c3ccccc3)C(C(=O)Nc3ccccc3)=C(C)N2)c1. The molecule has 3 aromatic carbocycles. The van der Waals surface area contributed by atoms with Gasteiger partial charge in [-0.3, -0.25) is 9.59 Å². The van der Waals surface area contributed by atoms with Gasteiger partial charge in [0.15, 0.2) is 0 Å². The monoisotopic (exact) mass is 552 g/mol. The summed E-state index contributed by atoms with van der Waals surface area (Å²) in [5.41, 5.74) is 3.60. The van der Waals surface area contributed by atoms with E-state index < -0.39 is 5.92 Å². The number of nitrogens with zero attached hydrogens (tertiary/aromatic N) is 1. The van der Waals surface area contributed by atoms with Gasteiger partial charge in [0.2, 0.25) is 5.91 Å². The van der Waals surface area contributed by atoms with Gasteiger partial charge >= 0.3 is 0 Å². The molecule has 40 heavy (non-hydrogen) atoms. The second-order valence-corrected chi connectivity index (χ2v) is 10.2. The molecule has 2 amide bonds. The first-order valence-electron chi connectivity index (χ1n) is 13.2. The number of carbonyl (C=O) groups is 2. The third kappa shape index (κ3) is 7.33. The highest BCUT2D eigenvalue weighted by molar-refractivity contribution is 8.03. The average Bonchev–Trinajstić information content (AvgIpc) is 2.97. The molecular formula is C32H32N4O3S. The zero-order valence-corrected chi connectivity index (χ0v) is 23.4. The number of hydrogen-bond donors (Lipinski definition) is 3. The molecule has 7 nitrogen and oxygen atoms in total. The van der Waals surface area contributed by atoms with E-state index in [9.17, 15) is 14.9 Å². The van der Waals surface area contributed by atoms with E-state index in [2.05, 4.69) is 28.9 Å². The Morgan fingerprint density at radius 2 is 1.68 bits per heavy atom. The van der Waals surface area contributed by atoms with Gasteiger partial charge in [-0.15, -0.1) is 0 Å². The number of hydrogen-bond acceptors (Lipinski definition) is 6. The smallest absolute Gasteiger partial charge is 0.254 e. The van der Waals surface area contributed by atoms with Crippen LogP contribution in [0.5, 0.6) is 5.75 Å². The molecule has 4 rings (SSSR count). The quantitative estimate of drug-likeness (QED) is 0.233. The molecule has 0 fully saturated rings. The van der Waals surface area contributed by atoms with Gasteiger partial charge in [-0.05, 0) is 43.2 Å². The van der Waals surface area contributed by atoms with Crippen LogP contribution in [0.2, 0.25) is 0 Å². The average molecular weight is 553 g/mol.